The van der Waals surface area contributed by atoms with Crippen molar-refractivity contribution in [1.29, 1.82) is 0 Å². The van der Waals surface area contributed by atoms with Gasteiger partial charge in [-0.3, -0.25) is 4.79 Å². The van der Waals surface area contributed by atoms with Crippen LogP contribution < -0.4 is 0 Å². The predicted molar refractivity (Wildman–Crippen MR) is 105 cm³/mol. The highest BCUT2D eigenvalue weighted by atomic mass is 19.1. The Morgan fingerprint density at radius 1 is 1.07 bits per heavy atom. The van der Waals surface area contributed by atoms with E-state index in [4.69, 9.17) is 0 Å². The number of halogens is 1. The summed E-state index contributed by atoms with van der Waals surface area (Å²) >= 11 is 0. The molecule has 1 amide bonds. The smallest absolute Gasteiger partial charge is 0.256 e. The summed E-state index contributed by atoms with van der Waals surface area (Å²) in [5.41, 5.74) is 2.58. The van der Waals surface area contributed by atoms with Gasteiger partial charge in [-0.1, -0.05) is 30.3 Å². The molecular weight excluding hydrogens is 341 g/mol. The molecule has 1 aliphatic rings. The van der Waals surface area contributed by atoms with Crippen LogP contribution in [0.2, 0.25) is 0 Å². The van der Waals surface area contributed by atoms with Crippen molar-refractivity contribution in [2.45, 2.75) is 12.0 Å². The van der Waals surface area contributed by atoms with Crippen molar-refractivity contribution in [3.8, 4) is 0 Å². The van der Waals surface area contributed by atoms with Gasteiger partial charge in [0.25, 0.3) is 5.91 Å². The molecule has 0 unspecified atom stereocenters. The molecule has 3 aromatic rings. The molecule has 0 radical (unpaired) electrons. The van der Waals surface area contributed by atoms with E-state index in [1.807, 2.05) is 33.3 Å². The van der Waals surface area contributed by atoms with Gasteiger partial charge < -0.3 is 14.4 Å². The molecule has 1 fully saturated rings. The molecule has 0 bridgehead atoms. The van der Waals surface area contributed by atoms with E-state index in [9.17, 15) is 9.18 Å². The molecule has 4 nitrogen and oxygen atoms in total. The van der Waals surface area contributed by atoms with Gasteiger partial charge in [-0.15, -0.1) is 0 Å². The molecule has 1 aliphatic heterocycles. The number of benzene rings is 2. The highest BCUT2D eigenvalue weighted by molar-refractivity contribution is 5.95. The van der Waals surface area contributed by atoms with E-state index in [0.29, 0.717) is 13.1 Å². The fraction of sp³-hybridized carbons (Fsp3) is 0.318. The van der Waals surface area contributed by atoms with Gasteiger partial charge in [0.1, 0.15) is 5.82 Å². The number of aromatic nitrogens is 1. The first-order valence-electron chi connectivity index (χ1n) is 9.21. The number of hydrogen-bond donors (Lipinski definition) is 0. The van der Waals surface area contributed by atoms with Crippen molar-refractivity contribution in [2.24, 2.45) is 7.05 Å². The lowest BCUT2D eigenvalue weighted by Gasteiger charge is -2.24. The Kier molecular flexibility index (Phi) is 4.48. The topological polar surface area (TPSA) is 28.5 Å². The molecule has 0 aliphatic carbocycles. The van der Waals surface area contributed by atoms with Crippen LogP contribution in [0.4, 0.5) is 4.39 Å². The average Bonchev–Trinajstić information content (AvgIpc) is 3.24. The van der Waals surface area contributed by atoms with Gasteiger partial charge in [0.15, 0.2) is 0 Å². The summed E-state index contributed by atoms with van der Waals surface area (Å²) in [4.78, 5) is 16.9. The predicted octanol–water partition coefficient (Wildman–Crippen LogP) is 3.49. The fourth-order valence-corrected chi connectivity index (χ4v) is 4.25. The molecule has 0 spiro atoms. The van der Waals surface area contributed by atoms with E-state index >= 15 is 0 Å². The number of hydrogen-bond acceptors (Lipinski definition) is 2. The van der Waals surface area contributed by atoms with Crippen LogP contribution in [0.1, 0.15) is 21.8 Å². The number of nitrogens with zero attached hydrogens (tertiary/aromatic N) is 3. The summed E-state index contributed by atoms with van der Waals surface area (Å²) in [7, 11) is 6.13. The Morgan fingerprint density at radius 3 is 2.52 bits per heavy atom. The normalized spacial score (nSPS) is 20.0. The minimum atomic E-state index is -0.461. The maximum Gasteiger partial charge on any atom is 0.256 e. The van der Waals surface area contributed by atoms with E-state index in [2.05, 4.69) is 27.8 Å². The Labute approximate surface area is 158 Å². The number of likely N-dealkylation sites (N-methyl/N-ethyl adjacent to an activating group) is 1. The Hall–Kier alpha value is -2.66. The van der Waals surface area contributed by atoms with Gasteiger partial charge in [-0.25, -0.2) is 4.39 Å². The summed E-state index contributed by atoms with van der Waals surface area (Å²) in [5, 5.41) is 1.22. The van der Waals surface area contributed by atoms with Crippen molar-refractivity contribution >= 4 is 16.8 Å². The van der Waals surface area contributed by atoms with Crippen molar-refractivity contribution in [2.75, 3.05) is 27.2 Å². The van der Waals surface area contributed by atoms with Crippen molar-refractivity contribution < 1.29 is 9.18 Å². The third kappa shape index (κ3) is 3.02. The van der Waals surface area contributed by atoms with E-state index in [1.54, 1.807) is 23.1 Å². The molecule has 2 aromatic carbocycles. The number of likely N-dealkylation sites (tertiary alicyclic amines) is 1. The SMILES string of the molecule is CN(C)[C@@H]1CN(C(=O)c2ccccc2F)C[C@H]1c1cn(C)c2ccccc12. The molecule has 5 heteroatoms. The van der Waals surface area contributed by atoms with Gasteiger partial charge in [-0.05, 0) is 37.9 Å². The summed E-state index contributed by atoms with van der Waals surface area (Å²) in [6.07, 6.45) is 2.17. The first-order valence-corrected chi connectivity index (χ1v) is 9.21. The van der Waals surface area contributed by atoms with Crippen LogP contribution in [-0.2, 0) is 7.05 Å². The molecule has 2 heterocycles. The van der Waals surface area contributed by atoms with Crippen molar-refractivity contribution in [3.63, 3.8) is 0 Å². The Morgan fingerprint density at radius 2 is 1.78 bits per heavy atom. The Balaban J connectivity index is 1.71. The van der Waals surface area contributed by atoms with E-state index in [1.165, 1.54) is 22.5 Å². The third-order valence-electron chi connectivity index (χ3n) is 5.67. The number of fused-ring (bicyclic) bond motifs is 1. The first kappa shape index (κ1) is 17.7. The maximum atomic E-state index is 14.1. The molecule has 27 heavy (non-hydrogen) atoms. The first-order chi connectivity index (χ1) is 13.0. The molecule has 1 saturated heterocycles. The minimum absolute atomic E-state index is 0.147. The summed E-state index contributed by atoms with van der Waals surface area (Å²) in [6, 6.07) is 14.7. The van der Waals surface area contributed by atoms with E-state index < -0.39 is 5.82 Å². The maximum absolute atomic E-state index is 14.1. The quantitative estimate of drug-likeness (QED) is 0.711. The molecule has 140 valence electrons. The van der Waals surface area contributed by atoms with Gasteiger partial charge in [-0.2, -0.15) is 0 Å². The second kappa shape index (κ2) is 6.82. The van der Waals surface area contributed by atoms with Gasteiger partial charge >= 0.3 is 0 Å². The number of carbonyl (C=O) groups is 1. The van der Waals surface area contributed by atoms with Crippen LogP contribution in [0.25, 0.3) is 10.9 Å². The van der Waals surface area contributed by atoms with Gasteiger partial charge in [0.2, 0.25) is 0 Å². The second-order valence-electron chi connectivity index (χ2n) is 7.54. The van der Waals surface area contributed by atoms with Crippen LogP contribution in [0.15, 0.2) is 54.7 Å². The standard InChI is InChI=1S/C22H24FN3O/c1-24(2)21-14-26(22(27)16-9-4-6-10-19(16)23)13-18(21)17-12-25(3)20-11-7-5-8-15(17)20/h4-12,18,21H,13-14H2,1-3H3/t18-,21+/m0/s1. The molecule has 0 N–H and O–H groups in total. The average molecular weight is 365 g/mol. The van der Waals surface area contributed by atoms with Gasteiger partial charge in [0, 0.05) is 49.2 Å². The van der Waals surface area contributed by atoms with Crippen LogP contribution in [0.3, 0.4) is 0 Å². The van der Waals surface area contributed by atoms with E-state index in [-0.39, 0.29) is 23.4 Å². The number of rotatable bonds is 3. The summed E-state index contributed by atoms with van der Waals surface area (Å²) < 4.78 is 16.3. The largest absolute Gasteiger partial charge is 0.350 e. The fourth-order valence-electron chi connectivity index (χ4n) is 4.25. The monoisotopic (exact) mass is 365 g/mol. The van der Waals surface area contributed by atoms with Crippen LogP contribution in [0, 0.1) is 5.82 Å². The number of amides is 1. The van der Waals surface area contributed by atoms with Crippen LogP contribution in [-0.4, -0.2) is 53.5 Å². The van der Waals surface area contributed by atoms with Crippen LogP contribution in [0.5, 0.6) is 0 Å². The zero-order chi connectivity index (χ0) is 19.1. The molecule has 2 atom stereocenters. The number of aryl methyl sites for hydroxylation is 1. The molecular formula is C22H24FN3O. The second-order valence-corrected chi connectivity index (χ2v) is 7.54. The highest BCUT2D eigenvalue weighted by Gasteiger charge is 2.39. The third-order valence-corrected chi connectivity index (χ3v) is 5.67. The van der Waals surface area contributed by atoms with E-state index in [0.717, 1.165) is 0 Å². The zero-order valence-electron chi connectivity index (χ0n) is 15.9. The molecule has 0 saturated carbocycles. The van der Waals surface area contributed by atoms with Crippen LogP contribution >= 0.6 is 0 Å². The summed E-state index contributed by atoms with van der Waals surface area (Å²) in [6.45, 7) is 1.18. The lowest BCUT2D eigenvalue weighted by molar-refractivity contribution is 0.0778. The van der Waals surface area contributed by atoms with Crippen molar-refractivity contribution in [3.05, 3.63) is 71.7 Å². The summed E-state index contributed by atoms with van der Waals surface area (Å²) in [5.74, 6) is -0.512. The molecule has 4 rings (SSSR count). The molecule has 1 aromatic heterocycles. The highest BCUT2D eigenvalue weighted by Crippen LogP contribution is 2.36. The lowest BCUT2D eigenvalue weighted by Crippen LogP contribution is -2.36. The lowest BCUT2D eigenvalue weighted by atomic mass is 9.93. The Bertz CT molecular complexity index is 994. The van der Waals surface area contributed by atoms with Crippen molar-refractivity contribution in [1.82, 2.24) is 14.4 Å². The minimum Gasteiger partial charge on any atom is -0.350 e. The number of carbonyl (C=O) groups excluding carboxylic acids is 1. The number of para-hydroxylation sites is 1. The zero-order valence-corrected chi connectivity index (χ0v) is 15.9. The van der Waals surface area contributed by atoms with Gasteiger partial charge in [0.05, 0.1) is 5.56 Å².